The van der Waals surface area contributed by atoms with Crippen LogP contribution in [0.5, 0.6) is 0 Å². The lowest BCUT2D eigenvalue weighted by molar-refractivity contribution is 0.874. The third-order valence-corrected chi connectivity index (χ3v) is 3.76. The molecule has 0 saturated carbocycles. The van der Waals surface area contributed by atoms with Gasteiger partial charge in [0.1, 0.15) is 0 Å². The molecule has 0 heterocycles. The van der Waals surface area contributed by atoms with Gasteiger partial charge in [-0.2, -0.15) is 0 Å². The largest absolute Gasteiger partial charge is 0.399 e. The highest BCUT2D eigenvalue weighted by Crippen LogP contribution is 2.19. The first-order valence-electron chi connectivity index (χ1n) is 5.97. The fourth-order valence-corrected chi connectivity index (χ4v) is 2.36. The number of hydrogen-bond acceptors (Lipinski definition) is 2. The highest BCUT2D eigenvalue weighted by molar-refractivity contribution is 9.10. The van der Waals surface area contributed by atoms with Crippen molar-refractivity contribution in [3.05, 3.63) is 58.6 Å². The molecular weight excluding hydrogens is 288 g/mol. The lowest BCUT2D eigenvalue weighted by Crippen LogP contribution is -2.20. The van der Waals surface area contributed by atoms with E-state index in [-0.39, 0.29) is 0 Å². The minimum absolute atomic E-state index is 0.806. The van der Waals surface area contributed by atoms with Gasteiger partial charge in [-0.15, -0.1) is 0 Å². The molecule has 0 aliphatic heterocycles. The monoisotopic (exact) mass is 304 g/mol. The predicted octanol–water partition coefficient (Wildman–Crippen LogP) is 3.71. The van der Waals surface area contributed by atoms with Gasteiger partial charge in [0.05, 0.1) is 0 Å². The zero-order valence-corrected chi connectivity index (χ0v) is 12.0. The quantitative estimate of drug-likeness (QED) is 0.873. The van der Waals surface area contributed by atoms with Crippen molar-refractivity contribution < 1.29 is 0 Å². The Hall–Kier alpha value is -1.48. The van der Waals surface area contributed by atoms with Crippen LogP contribution in [0.15, 0.2) is 53.0 Å². The number of nitrogens with zero attached hydrogens (tertiary/aromatic N) is 1. The molecule has 0 spiro atoms. The van der Waals surface area contributed by atoms with E-state index in [0.717, 1.165) is 24.3 Å². The van der Waals surface area contributed by atoms with Crippen LogP contribution in [-0.4, -0.2) is 13.6 Å². The van der Waals surface area contributed by atoms with E-state index in [4.69, 9.17) is 5.73 Å². The van der Waals surface area contributed by atoms with Crippen molar-refractivity contribution in [3.8, 4) is 0 Å². The van der Waals surface area contributed by atoms with E-state index in [9.17, 15) is 0 Å². The lowest BCUT2D eigenvalue weighted by Gasteiger charge is -2.20. The van der Waals surface area contributed by atoms with E-state index in [2.05, 4.69) is 52.1 Å². The van der Waals surface area contributed by atoms with Crippen LogP contribution in [0.4, 0.5) is 11.4 Å². The van der Waals surface area contributed by atoms with Gasteiger partial charge in [-0.05, 0) is 36.2 Å². The molecule has 0 saturated heterocycles. The van der Waals surface area contributed by atoms with Gasteiger partial charge in [-0.25, -0.2) is 0 Å². The third kappa shape index (κ3) is 3.26. The molecule has 0 fully saturated rings. The summed E-state index contributed by atoms with van der Waals surface area (Å²) >= 11 is 3.58. The van der Waals surface area contributed by atoms with E-state index < -0.39 is 0 Å². The second-order valence-corrected chi connectivity index (χ2v) is 5.21. The van der Waals surface area contributed by atoms with Crippen molar-refractivity contribution in [2.75, 3.05) is 24.2 Å². The normalized spacial score (nSPS) is 10.3. The highest BCUT2D eigenvalue weighted by atomic mass is 79.9. The Bertz CT molecular complexity index is 525. The van der Waals surface area contributed by atoms with E-state index in [0.29, 0.717) is 0 Å². The van der Waals surface area contributed by atoms with Gasteiger partial charge >= 0.3 is 0 Å². The molecule has 0 bridgehead atoms. The first kappa shape index (κ1) is 13.0. The van der Waals surface area contributed by atoms with Crippen LogP contribution in [-0.2, 0) is 6.42 Å². The molecule has 0 radical (unpaired) electrons. The molecule has 3 heteroatoms. The van der Waals surface area contributed by atoms with Crippen molar-refractivity contribution in [2.24, 2.45) is 0 Å². The number of anilines is 2. The summed E-state index contributed by atoms with van der Waals surface area (Å²) in [6.45, 7) is 0.964. The van der Waals surface area contributed by atoms with Crippen molar-refractivity contribution in [1.82, 2.24) is 0 Å². The summed E-state index contributed by atoms with van der Waals surface area (Å²) in [5.41, 5.74) is 9.08. The Kier molecular flexibility index (Phi) is 4.26. The minimum Gasteiger partial charge on any atom is -0.399 e. The molecule has 2 aromatic rings. The van der Waals surface area contributed by atoms with Gasteiger partial charge in [0.25, 0.3) is 0 Å². The van der Waals surface area contributed by atoms with E-state index >= 15 is 0 Å². The van der Waals surface area contributed by atoms with Crippen LogP contribution in [0.1, 0.15) is 5.56 Å². The summed E-state index contributed by atoms with van der Waals surface area (Å²) in [6, 6.07) is 16.3. The Morgan fingerprint density at radius 2 is 1.89 bits per heavy atom. The van der Waals surface area contributed by atoms with Crippen LogP contribution >= 0.6 is 15.9 Å². The average Bonchev–Trinajstić information content (AvgIpc) is 2.37. The molecular formula is C15H17BrN2. The van der Waals surface area contributed by atoms with E-state index in [1.54, 1.807) is 0 Å². The van der Waals surface area contributed by atoms with Gasteiger partial charge < -0.3 is 10.6 Å². The smallest absolute Gasteiger partial charge is 0.0384 e. The summed E-state index contributed by atoms with van der Waals surface area (Å²) in [5, 5.41) is 0. The number of benzene rings is 2. The Balaban J connectivity index is 2.00. The minimum atomic E-state index is 0.806. The SMILES string of the molecule is CN(CCc1ccccc1Br)c1cccc(N)c1. The molecule has 94 valence electrons. The van der Waals surface area contributed by atoms with Crippen LogP contribution < -0.4 is 10.6 Å². The lowest BCUT2D eigenvalue weighted by atomic mass is 10.1. The molecule has 2 nitrogen and oxygen atoms in total. The fraction of sp³-hybridized carbons (Fsp3) is 0.200. The first-order valence-corrected chi connectivity index (χ1v) is 6.76. The second-order valence-electron chi connectivity index (χ2n) is 4.36. The van der Waals surface area contributed by atoms with E-state index in [1.807, 2.05) is 24.3 Å². The number of rotatable bonds is 4. The zero-order chi connectivity index (χ0) is 13.0. The Morgan fingerprint density at radius 3 is 2.61 bits per heavy atom. The molecule has 18 heavy (non-hydrogen) atoms. The molecule has 2 rings (SSSR count). The maximum absolute atomic E-state index is 5.79. The molecule has 0 amide bonds. The summed E-state index contributed by atoms with van der Waals surface area (Å²) in [5.74, 6) is 0. The van der Waals surface area contributed by atoms with Crippen LogP contribution in [0, 0.1) is 0 Å². The topological polar surface area (TPSA) is 29.3 Å². The maximum atomic E-state index is 5.79. The standard InChI is InChI=1S/C15H17BrN2/c1-18(14-7-4-6-13(17)11-14)10-9-12-5-2-3-8-15(12)16/h2-8,11H,9-10,17H2,1H3. The second kappa shape index (κ2) is 5.91. The summed E-state index contributed by atoms with van der Waals surface area (Å²) in [6.07, 6.45) is 1.01. The number of nitrogens with two attached hydrogens (primary N) is 1. The number of hydrogen-bond donors (Lipinski definition) is 1. The first-order chi connectivity index (χ1) is 8.66. The molecule has 0 aliphatic rings. The van der Waals surface area contributed by atoms with Crippen molar-refractivity contribution >= 4 is 27.3 Å². The molecule has 2 aromatic carbocycles. The van der Waals surface area contributed by atoms with Crippen molar-refractivity contribution in [1.29, 1.82) is 0 Å². The number of likely N-dealkylation sites (N-methyl/N-ethyl adjacent to an activating group) is 1. The summed E-state index contributed by atoms with van der Waals surface area (Å²) < 4.78 is 1.17. The van der Waals surface area contributed by atoms with Gasteiger partial charge in [-0.3, -0.25) is 0 Å². The van der Waals surface area contributed by atoms with E-state index in [1.165, 1.54) is 10.0 Å². The predicted molar refractivity (Wildman–Crippen MR) is 82.0 cm³/mol. The van der Waals surface area contributed by atoms with Gasteiger partial charge in [0.15, 0.2) is 0 Å². The van der Waals surface area contributed by atoms with Crippen LogP contribution in [0.2, 0.25) is 0 Å². The molecule has 0 aromatic heterocycles. The van der Waals surface area contributed by atoms with Crippen LogP contribution in [0.3, 0.4) is 0 Å². The number of halogens is 1. The fourth-order valence-electron chi connectivity index (χ4n) is 1.88. The molecule has 0 unspecified atom stereocenters. The van der Waals surface area contributed by atoms with Gasteiger partial charge in [-0.1, -0.05) is 40.2 Å². The average molecular weight is 305 g/mol. The summed E-state index contributed by atoms with van der Waals surface area (Å²) in [4.78, 5) is 2.22. The van der Waals surface area contributed by atoms with Crippen molar-refractivity contribution in [2.45, 2.75) is 6.42 Å². The van der Waals surface area contributed by atoms with Crippen molar-refractivity contribution in [3.63, 3.8) is 0 Å². The third-order valence-electron chi connectivity index (χ3n) is 2.99. The van der Waals surface area contributed by atoms with Gasteiger partial charge in [0, 0.05) is 29.4 Å². The Labute approximate surface area is 117 Å². The van der Waals surface area contributed by atoms with Crippen LogP contribution in [0.25, 0.3) is 0 Å². The molecule has 0 atom stereocenters. The molecule has 2 N–H and O–H groups in total. The zero-order valence-electron chi connectivity index (χ0n) is 10.4. The molecule has 0 aliphatic carbocycles. The number of nitrogen functional groups attached to an aromatic ring is 1. The maximum Gasteiger partial charge on any atom is 0.0384 e. The van der Waals surface area contributed by atoms with Gasteiger partial charge in [0.2, 0.25) is 0 Å². The summed E-state index contributed by atoms with van der Waals surface area (Å²) in [7, 11) is 2.09. The highest BCUT2D eigenvalue weighted by Gasteiger charge is 2.03. The Morgan fingerprint density at radius 1 is 1.11 bits per heavy atom.